The fourth-order valence-corrected chi connectivity index (χ4v) is 9.12. The van der Waals surface area contributed by atoms with Gasteiger partial charge in [-0.1, -0.05) is 29.8 Å². The van der Waals surface area contributed by atoms with Gasteiger partial charge in [-0.2, -0.15) is 0 Å². The number of aromatic hydroxyl groups is 1. The van der Waals surface area contributed by atoms with E-state index < -0.39 is 51.1 Å². The van der Waals surface area contributed by atoms with E-state index in [9.17, 15) is 24.3 Å². The van der Waals surface area contributed by atoms with Crippen molar-refractivity contribution in [2.45, 2.75) is 35.4 Å². The predicted molar refractivity (Wildman–Crippen MR) is 177 cm³/mol. The van der Waals surface area contributed by atoms with Crippen LogP contribution in [0.1, 0.15) is 31.2 Å². The number of phenols is 1. The molecule has 4 amide bonds. The third-order valence-electron chi connectivity index (χ3n) is 10.3. The lowest BCUT2D eigenvalue weighted by Crippen LogP contribution is -2.60. The highest BCUT2D eigenvalue weighted by atomic mass is 35.5. The van der Waals surface area contributed by atoms with Gasteiger partial charge in [0.05, 0.1) is 24.1 Å². The fraction of sp³-hybridized carbons (Fsp3) is 0.306. The van der Waals surface area contributed by atoms with Crippen LogP contribution in [0.4, 0.5) is 5.69 Å². The summed E-state index contributed by atoms with van der Waals surface area (Å²) in [7, 11) is 1.34. The van der Waals surface area contributed by atoms with Gasteiger partial charge in [-0.25, -0.2) is 4.98 Å². The Morgan fingerprint density at radius 2 is 1.73 bits per heavy atom. The van der Waals surface area contributed by atoms with Crippen LogP contribution in [0, 0.1) is 17.8 Å². The number of phenolic OH excluding ortho intramolecular Hbond substituents is 1. The maximum absolute atomic E-state index is 14.3. The number of carbonyl (C=O) groups excluding carboxylic acids is 4. The van der Waals surface area contributed by atoms with Crippen LogP contribution < -0.4 is 9.64 Å². The number of aromatic nitrogens is 1. The Hall–Kier alpha value is -4.67. The van der Waals surface area contributed by atoms with Crippen LogP contribution in [0.15, 0.2) is 82.8 Å². The van der Waals surface area contributed by atoms with Crippen LogP contribution in [0.2, 0.25) is 0 Å². The van der Waals surface area contributed by atoms with Gasteiger partial charge in [0.15, 0.2) is 26.8 Å². The van der Waals surface area contributed by atoms with Crippen molar-refractivity contribution in [3.8, 4) is 23.0 Å². The van der Waals surface area contributed by atoms with Gasteiger partial charge in [-0.3, -0.25) is 29.0 Å². The second-order valence-electron chi connectivity index (χ2n) is 12.7. The van der Waals surface area contributed by atoms with E-state index in [4.69, 9.17) is 32.4 Å². The molecule has 1 N–H and O–H groups in total. The number of oxazole rings is 1. The number of alkyl halides is 2. The van der Waals surface area contributed by atoms with Gasteiger partial charge >= 0.3 is 0 Å². The SMILES string of the molecule is CCOc1cc(C2C3=CCC4C(=O)N(c5ccc(-c6nc7ccccc7o6)cc5)C(=O)C4C3CC3(Cl)C(=O)N(C)C(=O)C23Cl)ccc1O. The molecule has 1 aromatic heterocycles. The number of rotatable bonds is 5. The molecule has 12 heteroatoms. The van der Waals surface area contributed by atoms with E-state index in [1.165, 1.54) is 18.0 Å². The third kappa shape index (κ3) is 4.02. The van der Waals surface area contributed by atoms with Crippen LogP contribution in [0.5, 0.6) is 11.5 Å². The summed E-state index contributed by atoms with van der Waals surface area (Å²) >= 11 is 14.5. The van der Waals surface area contributed by atoms with Crippen LogP contribution in [0.25, 0.3) is 22.6 Å². The van der Waals surface area contributed by atoms with Crippen molar-refractivity contribution >= 4 is 63.6 Å². The first kappa shape index (κ1) is 30.7. The summed E-state index contributed by atoms with van der Waals surface area (Å²) in [4.78, 5) is 58.7. The molecular formula is C36H29Cl2N3O7. The molecule has 6 atom stereocenters. The molecule has 3 heterocycles. The van der Waals surface area contributed by atoms with Crippen LogP contribution in [-0.4, -0.2) is 62.0 Å². The van der Waals surface area contributed by atoms with E-state index in [2.05, 4.69) is 4.98 Å². The van der Waals surface area contributed by atoms with Gasteiger partial charge in [-0.05, 0) is 79.8 Å². The van der Waals surface area contributed by atoms with E-state index in [-0.39, 0.29) is 36.9 Å². The molecule has 2 aliphatic carbocycles. The third-order valence-corrected chi connectivity index (χ3v) is 11.7. The Kier molecular flexibility index (Phi) is 6.81. The number of anilines is 1. The molecule has 2 aliphatic heterocycles. The number of hydrogen-bond donors (Lipinski definition) is 1. The average Bonchev–Trinajstić information content (AvgIpc) is 3.67. The second kappa shape index (κ2) is 10.7. The Bertz CT molecular complexity index is 2060. The Balaban J connectivity index is 1.18. The van der Waals surface area contributed by atoms with E-state index in [0.29, 0.717) is 39.4 Å². The Labute approximate surface area is 284 Å². The molecule has 3 aromatic carbocycles. The number of nitrogens with zero attached hydrogens (tertiary/aromatic N) is 3. The normalized spacial score (nSPS) is 29.6. The highest BCUT2D eigenvalue weighted by Gasteiger charge is 2.75. The molecule has 1 saturated carbocycles. The zero-order valence-corrected chi connectivity index (χ0v) is 27.4. The summed E-state index contributed by atoms with van der Waals surface area (Å²) < 4.78 is 11.5. The lowest BCUT2D eigenvalue weighted by Gasteiger charge is -2.50. The number of fused-ring (bicyclic) bond motifs is 5. The Morgan fingerprint density at radius 1 is 0.979 bits per heavy atom. The van der Waals surface area contributed by atoms with Crippen LogP contribution >= 0.6 is 23.2 Å². The fourth-order valence-electron chi connectivity index (χ4n) is 8.10. The molecule has 10 nitrogen and oxygen atoms in total. The number of likely N-dealkylation sites (tertiary alicyclic amines) is 1. The second-order valence-corrected chi connectivity index (χ2v) is 13.9. The average molecular weight is 687 g/mol. The van der Waals surface area contributed by atoms with Crippen molar-refractivity contribution in [1.29, 1.82) is 0 Å². The monoisotopic (exact) mass is 685 g/mol. The topological polar surface area (TPSA) is 130 Å². The number of amides is 4. The van der Waals surface area contributed by atoms with Gasteiger partial charge in [-0.15, -0.1) is 23.2 Å². The lowest BCUT2D eigenvalue weighted by atomic mass is 9.56. The largest absolute Gasteiger partial charge is 0.504 e. The Morgan fingerprint density at radius 3 is 2.46 bits per heavy atom. The first-order valence-corrected chi connectivity index (χ1v) is 16.4. The summed E-state index contributed by atoms with van der Waals surface area (Å²) in [5, 5.41) is 10.5. The van der Waals surface area contributed by atoms with Gasteiger partial charge in [0.25, 0.3) is 11.8 Å². The molecule has 244 valence electrons. The molecule has 48 heavy (non-hydrogen) atoms. The molecular weight excluding hydrogens is 657 g/mol. The summed E-state index contributed by atoms with van der Waals surface area (Å²) in [5.74, 6) is -4.77. The zero-order valence-electron chi connectivity index (χ0n) is 25.9. The molecule has 0 radical (unpaired) electrons. The van der Waals surface area contributed by atoms with Crippen molar-refractivity contribution < 1.29 is 33.4 Å². The molecule has 2 saturated heterocycles. The number of halogens is 2. The van der Waals surface area contributed by atoms with Crippen molar-refractivity contribution in [1.82, 2.24) is 9.88 Å². The summed E-state index contributed by atoms with van der Waals surface area (Å²) in [6.45, 7) is 2.04. The minimum absolute atomic E-state index is 0.105. The summed E-state index contributed by atoms with van der Waals surface area (Å²) in [6.07, 6.45) is 1.98. The number of para-hydroxylation sites is 2. The first-order chi connectivity index (χ1) is 23.0. The summed E-state index contributed by atoms with van der Waals surface area (Å²) in [5.41, 5.74) is 3.58. The molecule has 0 spiro atoms. The zero-order chi connectivity index (χ0) is 33.7. The molecule has 4 aliphatic rings. The number of imide groups is 2. The van der Waals surface area contributed by atoms with Crippen molar-refractivity contribution in [2.75, 3.05) is 18.6 Å². The predicted octanol–water partition coefficient (Wildman–Crippen LogP) is 5.79. The van der Waals surface area contributed by atoms with Crippen LogP contribution in [0.3, 0.4) is 0 Å². The van der Waals surface area contributed by atoms with E-state index in [1.54, 1.807) is 43.3 Å². The molecule has 6 unspecified atom stereocenters. The maximum Gasteiger partial charge on any atom is 0.253 e. The number of allylic oxidation sites excluding steroid dienone is 2. The van der Waals surface area contributed by atoms with Crippen molar-refractivity contribution in [3.05, 3.63) is 83.9 Å². The number of carbonyl (C=O) groups is 4. The molecule has 8 rings (SSSR count). The van der Waals surface area contributed by atoms with E-state index >= 15 is 0 Å². The smallest absolute Gasteiger partial charge is 0.253 e. The highest BCUT2D eigenvalue weighted by Crippen LogP contribution is 2.65. The minimum atomic E-state index is -1.93. The first-order valence-electron chi connectivity index (χ1n) is 15.7. The number of benzene rings is 3. The highest BCUT2D eigenvalue weighted by molar-refractivity contribution is 6.53. The van der Waals surface area contributed by atoms with Crippen molar-refractivity contribution in [3.63, 3.8) is 0 Å². The number of hydrogen-bond acceptors (Lipinski definition) is 8. The maximum atomic E-state index is 14.3. The minimum Gasteiger partial charge on any atom is -0.504 e. The van der Waals surface area contributed by atoms with Gasteiger partial charge in [0.1, 0.15) is 5.52 Å². The molecule has 0 bridgehead atoms. The van der Waals surface area contributed by atoms with E-state index in [0.717, 1.165) is 4.90 Å². The quantitative estimate of drug-likeness (QED) is 0.159. The molecule has 3 fully saturated rings. The van der Waals surface area contributed by atoms with Crippen molar-refractivity contribution in [2.24, 2.45) is 17.8 Å². The van der Waals surface area contributed by atoms with E-state index in [1.807, 2.05) is 30.3 Å². The van der Waals surface area contributed by atoms with Gasteiger partial charge < -0.3 is 14.3 Å². The van der Waals surface area contributed by atoms with Gasteiger partial charge in [0.2, 0.25) is 17.7 Å². The van der Waals surface area contributed by atoms with Gasteiger partial charge in [0, 0.05) is 18.5 Å². The molecule has 4 aromatic rings. The standard InChI is InChI=1S/C36H29Cl2N3O7/c1-3-47-27-16-19(10-15-25(27)42)29-21-13-14-22-28(23(21)17-35(37)33(45)40(2)34(46)36(29,35)38)32(44)41(31(22)43)20-11-8-18(9-12-20)30-39-24-6-4-5-7-26(24)48-30/h4-13,15-16,22-23,28-29,42H,3,14,17H2,1-2H3. The number of ether oxygens (including phenoxy) is 1. The lowest BCUT2D eigenvalue weighted by molar-refractivity contribution is -0.138. The van der Waals surface area contributed by atoms with Crippen LogP contribution in [-0.2, 0) is 19.2 Å². The summed E-state index contributed by atoms with van der Waals surface area (Å²) in [6, 6.07) is 18.9.